The third-order valence-electron chi connectivity index (χ3n) is 2.83. The van der Waals surface area contributed by atoms with Crippen molar-refractivity contribution >= 4 is 16.6 Å². The number of nitrogens with one attached hydrogen (secondary N) is 2. The van der Waals surface area contributed by atoms with Crippen LogP contribution in [0.2, 0.25) is 0 Å². The van der Waals surface area contributed by atoms with Gasteiger partial charge >= 0.3 is 0 Å². The maximum absolute atomic E-state index is 4.69. The molecule has 2 N–H and O–H groups in total. The summed E-state index contributed by atoms with van der Waals surface area (Å²) in [6.45, 7) is 8.08. The van der Waals surface area contributed by atoms with Crippen LogP contribution < -0.4 is 10.6 Å². The van der Waals surface area contributed by atoms with Crippen molar-refractivity contribution in [2.24, 2.45) is 0 Å². The average molecular weight is 243 g/mol. The van der Waals surface area contributed by atoms with Crippen molar-refractivity contribution in [2.75, 3.05) is 11.9 Å². The summed E-state index contributed by atoms with van der Waals surface area (Å²) in [5.74, 6) is 0.983. The zero-order valence-corrected chi connectivity index (χ0v) is 11.3. The standard InChI is InChI=1S/C15H21N3/c1-4-16-15-14-8-6-5-7-12(14)9-13(18-15)10-17-11(2)3/h5-9,11,17H,4,10H2,1-3H3,(H,16,18). The summed E-state index contributed by atoms with van der Waals surface area (Å²) >= 11 is 0. The van der Waals surface area contributed by atoms with Gasteiger partial charge in [-0.25, -0.2) is 4.98 Å². The van der Waals surface area contributed by atoms with Crippen molar-refractivity contribution in [2.45, 2.75) is 33.4 Å². The van der Waals surface area contributed by atoms with Gasteiger partial charge in [0.2, 0.25) is 0 Å². The molecule has 0 unspecified atom stereocenters. The molecule has 3 nitrogen and oxygen atoms in total. The van der Waals surface area contributed by atoms with Crippen LogP contribution in [0.1, 0.15) is 26.5 Å². The second kappa shape index (κ2) is 5.83. The van der Waals surface area contributed by atoms with Crippen LogP contribution in [0.3, 0.4) is 0 Å². The molecular formula is C15H21N3. The van der Waals surface area contributed by atoms with Gasteiger partial charge in [0.25, 0.3) is 0 Å². The number of nitrogens with zero attached hydrogens (tertiary/aromatic N) is 1. The predicted octanol–water partition coefficient (Wildman–Crippen LogP) is 3.16. The Morgan fingerprint density at radius 1 is 1.22 bits per heavy atom. The molecule has 18 heavy (non-hydrogen) atoms. The normalized spacial score (nSPS) is 11.1. The SMILES string of the molecule is CCNc1nc(CNC(C)C)cc2ccccc12. The molecule has 1 aromatic carbocycles. The first-order valence-electron chi connectivity index (χ1n) is 6.56. The monoisotopic (exact) mass is 243 g/mol. The van der Waals surface area contributed by atoms with Gasteiger partial charge in [0.1, 0.15) is 5.82 Å². The first-order chi connectivity index (χ1) is 8.70. The number of anilines is 1. The molecule has 0 amide bonds. The number of fused-ring (bicyclic) bond motifs is 1. The molecule has 3 heteroatoms. The van der Waals surface area contributed by atoms with Gasteiger partial charge in [0, 0.05) is 24.5 Å². The Bertz CT molecular complexity index is 520. The van der Waals surface area contributed by atoms with E-state index < -0.39 is 0 Å². The smallest absolute Gasteiger partial charge is 0.134 e. The van der Waals surface area contributed by atoms with E-state index in [9.17, 15) is 0 Å². The molecule has 0 atom stereocenters. The molecule has 0 aliphatic rings. The summed E-state index contributed by atoms with van der Waals surface area (Å²) in [4.78, 5) is 4.69. The third kappa shape index (κ3) is 2.99. The molecule has 2 aromatic rings. The van der Waals surface area contributed by atoms with E-state index in [0.717, 1.165) is 24.6 Å². The highest BCUT2D eigenvalue weighted by molar-refractivity contribution is 5.92. The molecule has 0 saturated heterocycles. The summed E-state index contributed by atoms with van der Waals surface area (Å²) in [5, 5.41) is 9.17. The first-order valence-corrected chi connectivity index (χ1v) is 6.56. The fourth-order valence-corrected chi connectivity index (χ4v) is 1.96. The molecule has 0 spiro atoms. The lowest BCUT2D eigenvalue weighted by Gasteiger charge is -2.12. The second-order valence-corrected chi connectivity index (χ2v) is 4.75. The van der Waals surface area contributed by atoms with E-state index in [2.05, 4.69) is 66.7 Å². The highest BCUT2D eigenvalue weighted by Crippen LogP contribution is 2.22. The van der Waals surface area contributed by atoms with E-state index >= 15 is 0 Å². The zero-order valence-electron chi connectivity index (χ0n) is 11.3. The molecule has 0 bridgehead atoms. The Hall–Kier alpha value is -1.61. The molecule has 0 aliphatic heterocycles. The molecule has 0 fully saturated rings. The summed E-state index contributed by atoms with van der Waals surface area (Å²) in [5.41, 5.74) is 1.08. The van der Waals surface area contributed by atoms with E-state index in [0.29, 0.717) is 6.04 Å². The second-order valence-electron chi connectivity index (χ2n) is 4.75. The molecular weight excluding hydrogens is 222 g/mol. The minimum atomic E-state index is 0.473. The Kier molecular flexibility index (Phi) is 4.15. The number of hydrogen-bond donors (Lipinski definition) is 2. The van der Waals surface area contributed by atoms with Crippen molar-refractivity contribution in [3.05, 3.63) is 36.0 Å². The molecule has 1 heterocycles. The number of hydrogen-bond acceptors (Lipinski definition) is 3. The highest BCUT2D eigenvalue weighted by atomic mass is 15.0. The lowest BCUT2D eigenvalue weighted by atomic mass is 10.1. The van der Waals surface area contributed by atoms with Gasteiger partial charge in [0.05, 0.1) is 5.69 Å². The Morgan fingerprint density at radius 2 is 2.00 bits per heavy atom. The number of pyridine rings is 1. The molecule has 2 rings (SSSR count). The van der Waals surface area contributed by atoms with E-state index in [1.54, 1.807) is 0 Å². The van der Waals surface area contributed by atoms with Gasteiger partial charge in [-0.2, -0.15) is 0 Å². The predicted molar refractivity (Wildman–Crippen MR) is 77.9 cm³/mol. The summed E-state index contributed by atoms with van der Waals surface area (Å²) in [6.07, 6.45) is 0. The maximum Gasteiger partial charge on any atom is 0.134 e. The zero-order chi connectivity index (χ0) is 13.0. The van der Waals surface area contributed by atoms with E-state index in [4.69, 9.17) is 0 Å². The van der Waals surface area contributed by atoms with Gasteiger partial charge < -0.3 is 10.6 Å². The van der Waals surface area contributed by atoms with Crippen LogP contribution >= 0.6 is 0 Å². The lowest BCUT2D eigenvalue weighted by Crippen LogP contribution is -2.22. The fraction of sp³-hybridized carbons (Fsp3) is 0.400. The summed E-state index contributed by atoms with van der Waals surface area (Å²) in [6, 6.07) is 11.0. The lowest BCUT2D eigenvalue weighted by molar-refractivity contribution is 0.582. The van der Waals surface area contributed by atoms with Crippen LogP contribution in [0.5, 0.6) is 0 Å². The minimum absolute atomic E-state index is 0.473. The van der Waals surface area contributed by atoms with Crippen molar-refractivity contribution in [3.8, 4) is 0 Å². The van der Waals surface area contributed by atoms with Gasteiger partial charge in [0.15, 0.2) is 0 Å². The molecule has 0 saturated carbocycles. The van der Waals surface area contributed by atoms with Crippen LogP contribution in [-0.2, 0) is 6.54 Å². The largest absolute Gasteiger partial charge is 0.370 e. The summed E-state index contributed by atoms with van der Waals surface area (Å²) < 4.78 is 0. The first kappa shape index (κ1) is 12.8. The Balaban J connectivity index is 2.37. The van der Waals surface area contributed by atoms with Crippen LogP contribution in [0.15, 0.2) is 30.3 Å². The third-order valence-corrected chi connectivity index (χ3v) is 2.83. The minimum Gasteiger partial charge on any atom is -0.370 e. The molecule has 1 aromatic heterocycles. The van der Waals surface area contributed by atoms with Gasteiger partial charge in [-0.05, 0) is 18.4 Å². The maximum atomic E-state index is 4.69. The topological polar surface area (TPSA) is 37.0 Å². The number of aromatic nitrogens is 1. The van der Waals surface area contributed by atoms with Crippen LogP contribution in [0.4, 0.5) is 5.82 Å². The van der Waals surface area contributed by atoms with Crippen molar-refractivity contribution < 1.29 is 0 Å². The van der Waals surface area contributed by atoms with Crippen LogP contribution in [0, 0.1) is 0 Å². The van der Waals surface area contributed by atoms with Crippen LogP contribution in [-0.4, -0.2) is 17.6 Å². The average Bonchev–Trinajstić information content (AvgIpc) is 2.37. The Labute approximate surface area is 109 Å². The number of rotatable bonds is 5. The van der Waals surface area contributed by atoms with Gasteiger partial charge in [-0.1, -0.05) is 38.1 Å². The van der Waals surface area contributed by atoms with Crippen molar-refractivity contribution in [3.63, 3.8) is 0 Å². The summed E-state index contributed by atoms with van der Waals surface area (Å²) in [7, 11) is 0. The fourth-order valence-electron chi connectivity index (χ4n) is 1.96. The quantitative estimate of drug-likeness (QED) is 0.847. The van der Waals surface area contributed by atoms with Crippen molar-refractivity contribution in [1.82, 2.24) is 10.3 Å². The molecule has 0 radical (unpaired) electrons. The Morgan fingerprint density at radius 3 is 2.72 bits per heavy atom. The molecule has 0 aliphatic carbocycles. The van der Waals surface area contributed by atoms with E-state index in [-0.39, 0.29) is 0 Å². The van der Waals surface area contributed by atoms with Gasteiger partial charge in [-0.3, -0.25) is 0 Å². The van der Waals surface area contributed by atoms with Gasteiger partial charge in [-0.15, -0.1) is 0 Å². The van der Waals surface area contributed by atoms with E-state index in [1.807, 2.05) is 0 Å². The van der Waals surface area contributed by atoms with E-state index in [1.165, 1.54) is 10.8 Å². The van der Waals surface area contributed by atoms with Crippen molar-refractivity contribution in [1.29, 1.82) is 0 Å². The molecule has 96 valence electrons. The highest BCUT2D eigenvalue weighted by Gasteiger charge is 2.05. The van der Waals surface area contributed by atoms with Crippen LogP contribution in [0.25, 0.3) is 10.8 Å². The number of benzene rings is 1.